The van der Waals surface area contributed by atoms with E-state index in [0.717, 1.165) is 38.0 Å². The van der Waals surface area contributed by atoms with Crippen LogP contribution in [0.4, 0.5) is 8.78 Å². The molecule has 0 unspecified atom stereocenters. The Morgan fingerprint density at radius 2 is 1.80 bits per heavy atom. The van der Waals surface area contributed by atoms with E-state index >= 15 is 0 Å². The van der Waals surface area contributed by atoms with Gasteiger partial charge < -0.3 is 14.4 Å². The van der Waals surface area contributed by atoms with Crippen LogP contribution in [0, 0.1) is 11.6 Å². The number of nitrogens with zero attached hydrogens (tertiary/aromatic N) is 2. The number of halogens is 2. The lowest BCUT2D eigenvalue weighted by Crippen LogP contribution is -2.55. The van der Waals surface area contributed by atoms with Gasteiger partial charge in [-0.25, -0.2) is 8.78 Å². The number of ether oxygens (including phenoxy) is 2. The first-order valence-corrected chi connectivity index (χ1v) is 10.3. The Morgan fingerprint density at radius 1 is 1.03 bits per heavy atom. The lowest BCUT2D eigenvalue weighted by Gasteiger charge is -2.42. The van der Waals surface area contributed by atoms with E-state index in [1.165, 1.54) is 18.2 Å². The van der Waals surface area contributed by atoms with E-state index < -0.39 is 0 Å². The number of likely N-dealkylation sites (tertiary alicyclic amines) is 1. The molecule has 2 aromatic carbocycles. The van der Waals surface area contributed by atoms with Crippen molar-refractivity contribution < 1.29 is 23.0 Å². The summed E-state index contributed by atoms with van der Waals surface area (Å²) in [6.45, 7) is 3.31. The second kappa shape index (κ2) is 9.53. The Kier molecular flexibility index (Phi) is 6.59. The summed E-state index contributed by atoms with van der Waals surface area (Å²) in [5, 5.41) is 0. The first-order valence-electron chi connectivity index (χ1n) is 10.3. The second-order valence-corrected chi connectivity index (χ2v) is 7.88. The Balaban J connectivity index is 1.27. The van der Waals surface area contributed by atoms with Crippen molar-refractivity contribution in [3.63, 3.8) is 0 Å². The van der Waals surface area contributed by atoms with Gasteiger partial charge in [0.1, 0.15) is 36.7 Å². The Labute approximate surface area is 175 Å². The number of benzene rings is 2. The number of morpholine rings is 1. The van der Waals surface area contributed by atoms with Crippen molar-refractivity contribution in [3.8, 4) is 5.75 Å². The summed E-state index contributed by atoms with van der Waals surface area (Å²) >= 11 is 0. The SMILES string of the molecule is O=C1CO[C@H](COc2ccc(F)cc2)CN1C1CCN(Cc2cccc(F)c2)CC1. The van der Waals surface area contributed by atoms with Crippen LogP contribution in [-0.4, -0.2) is 60.7 Å². The summed E-state index contributed by atoms with van der Waals surface area (Å²) in [5.41, 5.74) is 0.967. The fourth-order valence-corrected chi connectivity index (χ4v) is 4.10. The molecule has 0 N–H and O–H groups in total. The molecular formula is C23H26F2N2O3. The number of piperidine rings is 1. The zero-order valence-corrected chi connectivity index (χ0v) is 16.8. The molecule has 1 amide bonds. The molecule has 2 aliphatic rings. The first kappa shape index (κ1) is 20.8. The average Bonchev–Trinajstić information content (AvgIpc) is 2.75. The zero-order valence-electron chi connectivity index (χ0n) is 16.8. The van der Waals surface area contributed by atoms with Crippen LogP contribution >= 0.6 is 0 Å². The maximum Gasteiger partial charge on any atom is 0.248 e. The molecule has 4 rings (SSSR count). The summed E-state index contributed by atoms with van der Waals surface area (Å²) in [4.78, 5) is 16.6. The van der Waals surface area contributed by atoms with Crippen LogP contribution in [-0.2, 0) is 16.1 Å². The van der Waals surface area contributed by atoms with E-state index in [1.807, 2.05) is 11.0 Å². The maximum absolute atomic E-state index is 13.4. The van der Waals surface area contributed by atoms with Gasteiger partial charge in [0.25, 0.3) is 0 Å². The van der Waals surface area contributed by atoms with Crippen LogP contribution in [0.15, 0.2) is 48.5 Å². The highest BCUT2D eigenvalue weighted by Crippen LogP contribution is 2.22. The number of hydrogen-bond acceptors (Lipinski definition) is 4. The Morgan fingerprint density at radius 3 is 2.53 bits per heavy atom. The van der Waals surface area contributed by atoms with Gasteiger partial charge in [-0.05, 0) is 54.8 Å². The van der Waals surface area contributed by atoms with Crippen LogP contribution < -0.4 is 4.74 Å². The predicted molar refractivity (Wildman–Crippen MR) is 108 cm³/mol. The molecule has 1 atom stereocenters. The van der Waals surface area contributed by atoms with Crippen molar-refractivity contribution in [2.45, 2.75) is 31.5 Å². The molecule has 30 heavy (non-hydrogen) atoms. The van der Waals surface area contributed by atoms with Crippen molar-refractivity contribution in [1.82, 2.24) is 9.80 Å². The smallest absolute Gasteiger partial charge is 0.248 e. The minimum absolute atomic E-state index is 0.0108. The first-order chi connectivity index (χ1) is 14.6. The number of rotatable bonds is 6. The number of carbonyl (C=O) groups is 1. The van der Waals surface area contributed by atoms with Gasteiger partial charge in [-0.2, -0.15) is 0 Å². The van der Waals surface area contributed by atoms with Crippen LogP contribution in [0.25, 0.3) is 0 Å². The molecule has 0 saturated carbocycles. The van der Waals surface area contributed by atoms with E-state index in [0.29, 0.717) is 18.9 Å². The molecule has 2 fully saturated rings. The highest BCUT2D eigenvalue weighted by Gasteiger charge is 2.33. The molecule has 2 heterocycles. The number of hydrogen-bond donors (Lipinski definition) is 0. The lowest BCUT2D eigenvalue weighted by atomic mass is 10.0. The quantitative estimate of drug-likeness (QED) is 0.725. The van der Waals surface area contributed by atoms with E-state index in [1.54, 1.807) is 24.3 Å². The monoisotopic (exact) mass is 416 g/mol. The van der Waals surface area contributed by atoms with Gasteiger partial charge in [-0.3, -0.25) is 9.69 Å². The largest absolute Gasteiger partial charge is 0.491 e. The third-order valence-corrected chi connectivity index (χ3v) is 5.71. The van der Waals surface area contributed by atoms with Crippen molar-refractivity contribution in [3.05, 3.63) is 65.7 Å². The standard InChI is InChI=1S/C23H26F2N2O3/c24-18-4-6-21(7-5-18)29-15-22-14-27(23(28)16-30-22)20-8-10-26(11-9-20)13-17-2-1-3-19(25)12-17/h1-7,12,20,22H,8-11,13-16H2/t22-/m0/s1. The van der Waals surface area contributed by atoms with Crippen molar-refractivity contribution in [1.29, 1.82) is 0 Å². The van der Waals surface area contributed by atoms with Gasteiger partial charge in [-0.1, -0.05) is 12.1 Å². The topological polar surface area (TPSA) is 42.0 Å². The molecule has 160 valence electrons. The van der Waals surface area contributed by atoms with Crippen molar-refractivity contribution >= 4 is 5.91 Å². The summed E-state index contributed by atoms with van der Waals surface area (Å²) in [7, 11) is 0. The Bertz CT molecular complexity index is 854. The normalized spacial score (nSPS) is 21.1. The molecule has 7 heteroatoms. The Hall–Kier alpha value is -2.51. The van der Waals surface area contributed by atoms with Crippen LogP contribution in [0.2, 0.25) is 0 Å². The fourth-order valence-electron chi connectivity index (χ4n) is 4.10. The predicted octanol–water partition coefficient (Wildman–Crippen LogP) is 3.24. The van der Waals surface area contributed by atoms with Gasteiger partial charge in [0.2, 0.25) is 5.91 Å². The van der Waals surface area contributed by atoms with E-state index in [-0.39, 0.29) is 36.3 Å². The number of amides is 1. The van der Waals surface area contributed by atoms with Gasteiger partial charge >= 0.3 is 0 Å². The van der Waals surface area contributed by atoms with Crippen molar-refractivity contribution in [2.75, 3.05) is 32.8 Å². The van der Waals surface area contributed by atoms with Crippen LogP contribution in [0.5, 0.6) is 5.75 Å². The van der Waals surface area contributed by atoms with E-state index in [9.17, 15) is 13.6 Å². The molecule has 2 aromatic rings. The third kappa shape index (κ3) is 5.34. The van der Waals surface area contributed by atoms with Crippen LogP contribution in [0.1, 0.15) is 18.4 Å². The molecule has 0 radical (unpaired) electrons. The molecule has 0 bridgehead atoms. The highest BCUT2D eigenvalue weighted by molar-refractivity contribution is 5.78. The molecular weight excluding hydrogens is 390 g/mol. The fraction of sp³-hybridized carbons (Fsp3) is 0.435. The maximum atomic E-state index is 13.4. The minimum Gasteiger partial charge on any atom is -0.491 e. The molecule has 2 aliphatic heterocycles. The lowest BCUT2D eigenvalue weighted by molar-refractivity contribution is -0.155. The molecule has 5 nitrogen and oxygen atoms in total. The van der Waals surface area contributed by atoms with Crippen molar-refractivity contribution in [2.24, 2.45) is 0 Å². The van der Waals surface area contributed by atoms with Gasteiger partial charge in [0.15, 0.2) is 0 Å². The summed E-state index contributed by atoms with van der Waals surface area (Å²) in [6.07, 6.45) is 1.55. The van der Waals surface area contributed by atoms with Gasteiger partial charge in [0.05, 0.1) is 6.54 Å². The zero-order chi connectivity index (χ0) is 20.9. The van der Waals surface area contributed by atoms with E-state index in [2.05, 4.69) is 4.90 Å². The molecule has 0 aliphatic carbocycles. The van der Waals surface area contributed by atoms with E-state index in [4.69, 9.17) is 9.47 Å². The third-order valence-electron chi connectivity index (χ3n) is 5.71. The summed E-state index contributed by atoms with van der Waals surface area (Å²) < 4.78 is 37.7. The highest BCUT2D eigenvalue weighted by atomic mass is 19.1. The molecule has 0 spiro atoms. The average molecular weight is 416 g/mol. The summed E-state index contributed by atoms with van der Waals surface area (Å²) in [5.74, 6) is 0.0673. The number of carbonyl (C=O) groups excluding carboxylic acids is 1. The molecule has 2 saturated heterocycles. The summed E-state index contributed by atoms with van der Waals surface area (Å²) in [6, 6.07) is 12.7. The van der Waals surface area contributed by atoms with Gasteiger partial charge in [-0.15, -0.1) is 0 Å². The molecule has 0 aromatic heterocycles. The minimum atomic E-state index is -0.309. The second-order valence-electron chi connectivity index (χ2n) is 7.88. The van der Waals surface area contributed by atoms with Crippen LogP contribution in [0.3, 0.4) is 0 Å². The van der Waals surface area contributed by atoms with Gasteiger partial charge in [0, 0.05) is 25.7 Å².